The van der Waals surface area contributed by atoms with Crippen molar-refractivity contribution in [2.75, 3.05) is 6.26 Å². The standard InChI is InChI=1S/C20H19N3O2S/c1-14-4-6-16(7-5-14)19-15(2)23(13-12-21)22-20(19)17-8-10-18(11-9-17)26(3,24)25/h4-11H,13H2,1-3H3. The van der Waals surface area contributed by atoms with Crippen LogP contribution in [-0.4, -0.2) is 24.5 Å². The molecule has 0 aliphatic rings. The topological polar surface area (TPSA) is 75.8 Å². The molecule has 0 fully saturated rings. The molecular formula is C20H19N3O2S. The summed E-state index contributed by atoms with van der Waals surface area (Å²) in [5.74, 6) is 0. The monoisotopic (exact) mass is 365 g/mol. The zero-order valence-electron chi connectivity index (χ0n) is 14.9. The maximum absolute atomic E-state index is 11.7. The van der Waals surface area contributed by atoms with Crippen molar-refractivity contribution in [3.63, 3.8) is 0 Å². The van der Waals surface area contributed by atoms with E-state index in [1.54, 1.807) is 28.9 Å². The van der Waals surface area contributed by atoms with Gasteiger partial charge in [0.1, 0.15) is 12.2 Å². The molecule has 132 valence electrons. The lowest BCUT2D eigenvalue weighted by molar-refractivity contribution is 0.602. The molecule has 0 N–H and O–H groups in total. The molecule has 5 nitrogen and oxygen atoms in total. The second-order valence-electron chi connectivity index (χ2n) is 6.29. The van der Waals surface area contributed by atoms with Gasteiger partial charge in [-0.3, -0.25) is 4.68 Å². The third kappa shape index (κ3) is 3.39. The number of benzene rings is 2. The molecule has 1 heterocycles. The summed E-state index contributed by atoms with van der Waals surface area (Å²) in [6.45, 7) is 4.13. The van der Waals surface area contributed by atoms with Gasteiger partial charge in [0.2, 0.25) is 0 Å². The van der Waals surface area contributed by atoms with Crippen LogP contribution in [0.25, 0.3) is 22.4 Å². The molecule has 0 unspecified atom stereocenters. The maximum Gasteiger partial charge on any atom is 0.175 e. The SMILES string of the molecule is Cc1ccc(-c2c(-c3ccc(S(C)(=O)=O)cc3)nn(CC#N)c2C)cc1. The van der Waals surface area contributed by atoms with E-state index < -0.39 is 9.84 Å². The Bertz CT molecular complexity index is 1090. The first-order valence-corrected chi connectivity index (χ1v) is 10.0. The van der Waals surface area contributed by atoms with Gasteiger partial charge in [-0.05, 0) is 31.5 Å². The molecule has 0 amide bonds. The molecule has 6 heteroatoms. The third-order valence-corrected chi connectivity index (χ3v) is 5.45. The highest BCUT2D eigenvalue weighted by Gasteiger charge is 2.18. The molecule has 2 aromatic carbocycles. The Morgan fingerprint density at radius 2 is 1.58 bits per heavy atom. The highest BCUT2D eigenvalue weighted by molar-refractivity contribution is 7.90. The van der Waals surface area contributed by atoms with E-state index in [2.05, 4.69) is 11.2 Å². The first kappa shape index (κ1) is 17.9. The Morgan fingerprint density at radius 3 is 2.12 bits per heavy atom. The summed E-state index contributed by atoms with van der Waals surface area (Å²) in [7, 11) is -3.25. The smallest absolute Gasteiger partial charge is 0.175 e. The Kier molecular flexibility index (Phi) is 4.66. The van der Waals surface area contributed by atoms with E-state index in [0.29, 0.717) is 0 Å². The van der Waals surface area contributed by atoms with Gasteiger partial charge in [-0.2, -0.15) is 10.4 Å². The first-order chi connectivity index (χ1) is 12.3. The lowest BCUT2D eigenvalue weighted by Crippen LogP contribution is -2.00. The summed E-state index contributed by atoms with van der Waals surface area (Å²) in [6.07, 6.45) is 1.19. The van der Waals surface area contributed by atoms with Crippen molar-refractivity contribution in [3.8, 4) is 28.5 Å². The Balaban J connectivity index is 2.19. The van der Waals surface area contributed by atoms with Crippen LogP contribution in [0.2, 0.25) is 0 Å². The fourth-order valence-corrected chi connectivity index (χ4v) is 3.53. The summed E-state index contributed by atoms with van der Waals surface area (Å²) in [5.41, 5.74) is 5.58. The van der Waals surface area contributed by atoms with Crippen molar-refractivity contribution >= 4 is 9.84 Å². The molecule has 0 saturated carbocycles. The second kappa shape index (κ2) is 6.77. The third-order valence-electron chi connectivity index (χ3n) is 4.32. The van der Waals surface area contributed by atoms with Crippen LogP contribution >= 0.6 is 0 Å². The van der Waals surface area contributed by atoms with Crippen molar-refractivity contribution in [3.05, 3.63) is 59.8 Å². The van der Waals surface area contributed by atoms with Gasteiger partial charge in [-0.1, -0.05) is 42.0 Å². The summed E-state index contributed by atoms with van der Waals surface area (Å²) >= 11 is 0. The fourth-order valence-electron chi connectivity index (χ4n) is 2.89. The average molecular weight is 365 g/mol. The summed E-state index contributed by atoms with van der Waals surface area (Å²) in [5, 5.41) is 13.7. The molecule has 0 aliphatic carbocycles. The number of hydrogen-bond donors (Lipinski definition) is 0. The lowest BCUT2D eigenvalue weighted by atomic mass is 9.98. The molecule has 1 aromatic heterocycles. The van der Waals surface area contributed by atoms with Gasteiger partial charge in [-0.25, -0.2) is 8.42 Å². The first-order valence-electron chi connectivity index (χ1n) is 8.13. The van der Waals surface area contributed by atoms with E-state index in [0.717, 1.165) is 33.6 Å². The van der Waals surface area contributed by atoms with Crippen LogP contribution in [-0.2, 0) is 16.4 Å². The normalized spacial score (nSPS) is 11.3. The molecule has 0 aliphatic heterocycles. The van der Waals surface area contributed by atoms with Crippen LogP contribution in [0.3, 0.4) is 0 Å². The van der Waals surface area contributed by atoms with Gasteiger partial charge in [0.25, 0.3) is 0 Å². The van der Waals surface area contributed by atoms with Crippen molar-refractivity contribution in [1.82, 2.24) is 9.78 Å². The number of nitriles is 1. The van der Waals surface area contributed by atoms with Crippen molar-refractivity contribution in [2.24, 2.45) is 0 Å². The van der Waals surface area contributed by atoms with Gasteiger partial charge >= 0.3 is 0 Å². The zero-order valence-corrected chi connectivity index (χ0v) is 15.7. The van der Waals surface area contributed by atoms with Crippen LogP contribution in [0.15, 0.2) is 53.4 Å². The predicted molar refractivity (Wildman–Crippen MR) is 101 cm³/mol. The van der Waals surface area contributed by atoms with E-state index in [1.165, 1.54) is 6.26 Å². The van der Waals surface area contributed by atoms with E-state index in [4.69, 9.17) is 5.26 Å². The number of aryl methyl sites for hydroxylation is 1. The van der Waals surface area contributed by atoms with Gasteiger partial charge in [-0.15, -0.1) is 0 Å². The number of sulfone groups is 1. The largest absolute Gasteiger partial charge is 0.254 e. The van der Waals surface area contributed by atoms with Gasteiger partial charge in [0.05, 0.1) is 11.0 Å². The van der Waals surface area contributed by atoms with Gasteiger partial charge in [0.15, 0.2) is 9.84 Å². The minimum atomic E-state index is -3.25. The number of hydrogen-bond acceptors (Lipinski definition) is 4. The molecule has 0 spiro atoms. The minimum Gasteiger partial charge on any atom is -0.254 e. The van der Waals surface area contributed by atoms with E-state index in [1.807, 2.05) is 38.1 Å². The molecular weight excluding hydrogens is 346 g/mol. The molecule has 3 rings (SSSR count). The predicted octanol–water partition coefficient (Wildman–Crippen LogP) is 3.76. The van der Waals surface area contributed by atoms with Crippen LogP contribution in [0.4, 0.5) is 0 Å². The van der Waals surface area contributed by atoms with Gasteiger partial charge < -0.3 is 0 Å². The van der Waals surface area contributed by atoms with E-state index in [-0.39, 0.29) is 11.4 Å². The number of aromatic nitrogens is 2. The lowest BCUT2D eigenvalue weighted by Gasteiger charge is -2.06. The molecule has 0 bridgehead atoms. The van der Waals surface area contributed by atoms with Gasteiger partial charge in [0, 0.05) is 23.1 Å². The zero-order chi connectivity index (χ0) is 18.9. The van der Waals surface area contributed by atoms with Crippen LogP contribution in [0.5, 0.6) is 0 Å². The Morgan fingerprint density at radius 1 is 1.00 bits per heavy atom. The van der Waals surface area contributed by atoms with Crippen LogP contribution in [0.1, 0.15) is 11.3 Å². The average Bonchev–Trinajstić information content (AvgIpc) is 2.92. The van der Waals surface area contributed by atoms with Crippen LogP contribution < -0.4 is 0 Å². The van der Waals surface area contributed by atoms with E-state index in [9.17, 15) is 8.42 Å². The molecule has 0 radical (unpaired) electrons. The number of rotatable bonds is 4. The summed E-state index contributed by atoms with van der Waals surface area (Å²) < 4.78 is 25.1. The summed E-state index contributed by atoms with van der Waals surface area (Å²) in [4.78, 5) is 0.270. The Hall–Kier alpha value is -2.91. The molecule has 0 saturated heterocycles. The van der Waals surface area contributed by atoms with Crippen LogP contribution in [0, 0.1) is 25.2 Å². The fraction of sp³-hybridized carbons (Fsp3) is 0.200. The highest BCUT2D eigenvalue weighted by atomic mass is 32.2. The highest BCUT2D eigenvalue weighted by Crippen LogP contribution is 2.34. The van der Waals surface area contributed by atoms with E-state index >= 15 is 0 Å². The number of nitrogens with zero attached hydrogens (tertiary/aromatic N) is 3. The molecule has 0 atom stereocenters. The maximum atomic E-state index is 11.7. The molecule has 26 heavy (non-hydrogen) atoms. The second-order valence-corrected chi connectivity index (χ2v) is 8.30. The quantitative estimate of drug-likeness (QED) is 0.705. The van der Waals surface area contributed by atoms with Crippen molar-refractivity contribution < 1.29 is 8.42 Å². The Labute approximate surface area is 153 Å². The summed E-state index contributed by atoms with van der Waals surface area (Å²) in [6, 6.07) is 16.9. The van der Waals surface area contributed by atoms with Crippen molar-refractivity contribution in [2.45, 2.75) is 25.3 Å². The van der Waals surface area contributed by atoms with Crippen molar-refractivity contribution in [1.29, 1.82) is 5.26 Å². The minimum absolute atomic E-state index is 0.159. The molecule has 3 aromatic rings.